The van der Waals surface area contributed by atoms with E-state index in [9.17, 15) is 9.18 Å². The fraction of sp³-hybridized carbons (Fsp3) is 0.316. The lowest BCUT2D eigenvalue weighted by molar-refractivity contribution is -0.122. The molecule has 0 spiro atoms. The molecule has 1 aliphatic rings. The van der Waals surface area contributed by atoms with Crippen LogP contribution in [0.15, 0.2) is 48.5 Å². The first kappa shape index (κ1) is 15.5. The van der Waals surface area contributed by atoms with E-state index in [2.05, 4.69) is 5.32 Å². The van der Waals surface area contributed by atoms with Crippen LogP contribution >= 0.6 is 0 Å². The first-order valence-electron chi connectivity index (χ1n) is 7.99. The summed E-state index contributed by atoms with van der Waals surface area (Å²) in [5.74, 6) is -0.268. The topological polar surface area (TPSA) is 55.1 Å². The predicted octanol–water partition coefficient (Wildman–Crippen LogP) is 3.54. The first-order valence-corrected chi connectivity index (χ1v) is 7.99. The van der Waals surface area contributed by atoms with Gasteiger partial charge in [0.25, 0.3) is 0 Å². The van der Waals surface area contributed by atoms with E-state index in [1.165, 1.54) is 12.1 Å². The van der Waals surface area contributed by atoms with Gasteiger partial charge < -0.3 is 11.1 Å². The van der Waals surface area contributed by atoms with E-state index in [1.54, 1.807) is 24.3 Å². The Kier molecular flexibility index (Phi) is 4.33. The summed E-state index contributed by atoms with van der Waals surface area (Å²) in [6.45, 7) is 0. The molecule has 120 valence electrons. The highest BCUT2D eigenvalue weighted by Gasteiger charge is 2.36. The van der Waals surface area contributed by atoms with E-state index in [0.717, 1.165) is 36.8 Å². The molecule has 0 saturated heterocycles. The van der Waals surface area contributed by atoms with Gasteiger partial charge in [-0.05, 0) is 48.2 Å². The van der Waals surface area contributed by atoms with Crippen molar-refractivity contribution in [3.8, 4) is 0 Å². The maximum absolute atomic E-state index is 13.2. The van der Waals surface area contributed by atoms with Crippen molar-refractivity contribution in [1.29, 1.82) is 0 Å². The zero-order valence-corrected chi connectivity index (χ0v) is 13.0. The van der Waals surface area contributed by atoms with E-state index >= 15 is 0 Å². The molecular weight excluding hydrogens is 291 g/mol. The Hall–Kier alpha value is -2.36. The van der Waals surface area contributed by atoms with Gasteiger partial charge in [0.15, 0.2) is 0 Å². The van der Waals surface area contributed by atoms with Crippen molar-refractivity contribution in [2.24, 2.45) is 0 Å². The van der Waals surface area contributed by atoms with Crippen LogP contribution in [0, 0.1) is 5.82 Å². The molecule has 1 amide bonds. The SMILES string of the molecule is Nc1ccc(CC(=O)NC2(c3ccc(F)cc3)CCCC2)cc1. The fourth-order valence-corrected chi connectivity index (χ4v) is 3.37. The maximum Gasteiger partial charge on any atom is 0.225 e. The second-order valence-corrected chi connectivity index (χ2v) is 6.26. The van der Waals surface area contributed by atoms with Crippen molar-refractivity contribution in [2.75, 3.05) is 5.73 Å². The summed E-state index contributed by atoms with van der Waals surface area (Å²) >= 11 is 0. The predicted molar refractivity (Wildman–Crippen MR) is 89.2 cm³/mol. The number of carbonyl (C=O) groups is 1. The van der Waals surface area contributed by atoms with E-state index in [4.69, 9.17) is 5.73 Å². The lowest BCUT2D eigenvalue weighted by atomic mass is 9.87. The number of amides is 1. The molecule has 4 heteroatoms. The molecule has 2 aromatic rings. The number of hydrogen-bond donors (Lipinski definition) is 2. The number of benzene rings is 2. The molecule has 0 atom stereocenters. The Morgan fingerprint density at radius 3 is 2.26 bits per heavy atom. The van der Waals surface area contributed by atoms with Crippen molar-refractivity contribution in [2.45, 2.75) is 37.6 Å². The van der Waals surface area contributed by atoms with Crippen LogP contribution in [-0.4, -0.2) is 5.91 Å². The molecule has 0 unspecified atom stereocenters. The van der Waals surface area contributed by atoms with E-state index < -0.39 is 0 Å². The lowest BCUT2D eigenvalue weighted by Gasteiger charge is -2.31. The number of nitrogens with two attached hydrogens (primary N) is 1. The average molecular weight is 312 g/mol. The van der Waals surface area contributed by atoms with Crippen molar-refractivity contribution >= 4 is 11.6 Å². The third kappa shape index (κ3) is 3.52. The number of anilines is 1. The maximum atomic E-state index is 13.2. The van der Waals surface area contributed by atoms with Crippen LogP contribution in [0.5, 0.6) is 0 Å². The molecule has 1 fully saturated rings. The van der Waals surface area contributed by atoms with Crippen LogP contribution in [0.25, 0.3) is 0 Å². The average Bonchev–Trinajstić information content (AvgIpc) is 2.99. The molecule has 2 aromatic carbocycles. The first-order chi connectivity index (χ1) is 11.1. The Morgan fingerprint density at radius 2 is 1.65 bits per heavy atom. The van der Waals surface area contributed by atoms with Gasteiger partial charge in [-0.1, -0.05) is 37.1 Å². The van der Waals surface area contributed by atoms with Crippen molar-refractivity contribution in [1.82, 2.24) is 5.32 Å². The summed E-state index contributed by atoms with van der Waals surface area (Å²) in [5, 5.41) is 3.20. The van der Waals surface area contributed by atoms with Crippen LogP contribution in [0.3, 0.4) is 0 Å². The summed E-state index contributed by atoms with van der Waals surface area (Å²) in [6.07, 6.45) is 4.25. The normalized spacial score (nSPS) is 16.2. The Balaban J connectivity index is 1.75. The lowest BCUT2D eigenvalue weighted by Crippen LogP contribution is -2.44. The Labute approximate surface area is 135 Å². The second-order valence-electron chi connectivity index (χ2n) is 6.26. The van der Waals surface area contributed by atoms with Gasteiger partial charge in [-0.3, -0.25) is 4.79 Å². The van der Waals surface area contributed by atoms with Gasteiger partial charge >= 0.3 is 0 Å². The van der Waals surface area contributed by atoms with E-state index in [1.807, 2.05) is 12.1 Å². The largest absolute Gasteiger partial charge is 0.399 e. The number of halogens is 1. The van der Waals surface area contributed by atoms with Crippen LogP contribution in [0.1, 0.15) is 36.8 Å². The van der Waals surface area contributed by atoms with Gasteiger partial charge in [0.05, 0.1) is 12.0 Å². The molecule has 0 aliphatic heterocycles. The molecule has 3 N–H and O–H groups in total. The summed E-state index contributed by atoms with van der Waals surface area (Å²) in [4.78, 5) is 12.5. The number of hydrogen-bond acceptors (Lipinski definition) is 2. The van der Waals surface area contributed by atoms with E-state index in [-0.39, 0.29) is 17.3 Å². The molecular formula is C19H21FN2O. The fourth-order valence-electron chi connectivity index (χ4n) is 3.37. The second kappa shape index (κ2) is 6.41. The third-order valence-corrected chi connectivity index (χ3v) is 4.58. The molecule has 1 aliphatic carbocycles. The molecule has 0 heterocycles. The summed E-state index contributed by atoms with van der Waals surface area (Å²) in [7, 11) is 0. The zero-order valence-electron chi connectivity index (χ0n) is 13.0. The minimum absolute atomic E-state index is 0.0130. The molecule has 0 aromatic heterocycles. The van der Waals surface area contributed by atoms with Gasteiger partial charge in [0.1, 0.15) is 5.82 Å². The molecule has 1 saturated carbocycles. The highest BCUT2D eigenvalue weighted by Crippen LogP contribution is 2.38. The molecule has 3 rings (SSSR count). The minimum atomic E-state index is -0.363. The standard InChI is InChI=1S/C19H21FN2O/c20-16-7-5-15(6-8-16)19(11-1-2-12-19)22-18(23)13-14-3-9-17(21)10-4-14/h3-10H,1-2,11-13,21H2,(H,22,23). The monoisotopic (exact) mass is 312 g/mol. The number of rotatable bonds is 4. The Bertz CT molecular complexity index is 674. The smallest absolute Gasteiger partial charge is 0.225 e. The van der Waals surface area contributed by atoms with Gasteiger partial charge in [-0.15, -0.1) is 0 Å². The third-order valence-electron chi connectivity index (χ3n) is 4.58. The van der Waals surface area contributed by atoms with Gasteiger partial charge in [0, 0.05) is 5.69 Å². The van der Waals surface area contributed by atoms with Crippen molar-refractivity contribution in [3.63, 3.8) is 0 Å². The Morgan fingerprint density at radius 1 is 1.04 bits per heavy atom. The summed E-state index contributed by atoms with van der Waals surface area (Å²) in [6, 6.07) is 13.8. The number of nitrogen functional groups attached to an aromatic ring is 1. The van der Waals surface area contributed by atoms with Crippen LogP contribution in [-0.2, 0) is 16.8 Å². The highest BCUT2D eigenvalue weighted by molar-refractivity contribution is 5.79. The van der Waals surface area contributed by atoms with Crippen LogP contribution < -0.4 is 11.1 Å². The van der Waals surface area contributed by atoms with Gasteiger partial charge in [-0.25, -0.2) is 4.39 Å². The zero-order chi connectivity index (χ0) is 16.3. The van der Waals surface area contributed by atoms with Gasteiger partial charge in [-0.2, -0.15) is 0 Å². The highest BCUT2D eigenvalue weighted by atomic mass is 19.1. The van der Waals surface area contributed by atoms with Crippen LogP contribution in [0.4, 0.5) is 10.1 Å². The number of carbonyl (C=O) groups excluding carboxylic acids is 1. The summed E-state index contributed by atoms with van der Waals surface area (Å²) < 4.78 is 13.2. The minimum Gasteiger partial charge on any atom is -0.399 e. The molecule has 0 radical (unpaired) electrons. The quantitative estimate of drug-likeness (QED) is 0.849. The summed E-state index contributed by atoms with van der Waals surface area (Å²) in [5.41, 5.74) is 7.92. The van der Waals surface area contributed by atoms with Gasteiger partial charge in [0.2, 0.25) is 5.91 Å². The molecule has 23 heavy (non-hydrogen) atoms. The van der Waals surface area contributed by atoms with Crippen molar-refractivity contribution < 1.29 is 9.18 Å². The van der Waals surface area contributed by atoms with Crippen molar-refractivity contribution in [3.05, 3.63) is 65.5 Å². The number of nitrogens with one attached hydrogen (secondary N) is 1. The van der Waals surface area contributed by atoms with Crippen LogP contribution in [0.2, 0.25) is 0 Å². The molecule has 0 bridgehead atoms. The van der Waals surface area contributed by atoms with E-state index in [0.29, 0.717) is 12.1 Å². The molecule has 3 nitrogen and oxygen atoms in total.